The van der Waals surface area contributed by atoms with Crippen LogP contribution in [0.25, 0.3) is 0 Å². The molecule has 28 heavy (non-hydrogen) atoms. The summed E-state index contributed by atoms with van der Waals surface area (Å²) in [7, 11) is 4.41. The van der Waals surface area contributed by atoms with Crippen LogP contribution in [0, 0.1) is 0 Å². The van der Waals surface area contributed by atoms with E-state index >= 15 is 0 Å². The molecule has 148 valence electrons. The molecule has 0 aliphatic carbocycles. The van der Waals surface area contributed by atoms with Crippen molar-refractivity contribution in [3.63, 3.8) is 0 Å². The largest absolute Gasteiger partial charge is 0.497 e. The Morgan fingerprint density at radius 3 is 2.50 bits per heavy atom. The van der Waals surface area contributed by atoms with E-state index in [1.165, 1.54) is 19.8 Å². The highest BCUT2D eigenvalue weighted by Gasteiger charge is 2.23. The molecule has 0 atom stereocenters. The predicted molar refractivity (Wildman–Crippen MR) is 102 cm³/mol. The van der Waals surface area contributed by atoms with E-state index in [1.54, 1.807) is 30.2 Å². The molecule has 0 radical (unpaired) electrons. The van der Waals surface area contributed by atoms with Crippen LogP contribution in [0.15, 0.2) is 36.4 Å². The number of rotatable bonds is 6. The Morgan fingerprint density at radius 2 is 1.79 bits per heavy atom. The van der Waals surface area contributed by atoms with Gasteiger partial charge in [0.05, 0.1) is 21.3 Å². The highest BCUT2D eigenvalue weighted by atomic mass is 16.6. The van der Waals surface area contributed by atoms with E-state index in [9.17, 15) is 9.59 Å². The summed E-state index contributed by atoms with van der Waals surface area (Å²) >= 11 is 0. The van der Waals surface area contributed by atoms with Crippen molar-refractivity contribution in [2.75, 3.05) is 34.5 Å². The lowest BCUT2D eigenvalue weighted by Crippen LogP contribution is -2.36. The van der Waals surface area contributed by atoms with Gasteiger partial charge in [-0.3, -0.25) is 4.79 Å². The molecule has 0 fully saturated rings. The maximum Gasteiger partial charge on any atom is 0.343 e. The van der Waals surface area contributed by atoms with Crippen LogP contribution in [0.4, 0.5) is 0 Å². The minimum atomic E-state index is -0.514. The van der Waals surface area contributed by atoms with E-state index in [0.29, 0.717) is 30.2 Å². The van der Waals surface area contributed by atoms with E-state index in [-0.39, 0.29) is 12.5 Å². The average molecular weight is 385 g/mol. The first-order chi connectivity index (χ1) is 13.5. The molecule has 1 aliphatic rings. The van der Waals surface area contributed by atoms with E-state index in [2.05, 4.69) is 4.74 Å². The predicted octanol–water partition coefficient (Wildman–Crippen LogP) is 2.45. The van der Waals surface area contributed by atoms with Gasteiger partial charge in [0.1, 0.15) is 5.75 Å². The molecule has 0 N–H and O–H groups in total. The molecule has 0 bridgehead atoms. The third-order valence-corrected chi connectivity index (χ3v) is 4.70. The Labute approximate surface area is 163 Å². The Kier molecular flexibility index (Phi) is 6.03. The lowest BCUT2D eigenvalue weighted by atomic mass is 9.98. The number of carbonyl (C=O) groups excluding carboxylic acids is 2. The van der Waals surface area contributed by atoms with Crippen LogP contribution in [0.2, 0.25) is 0 Å². The molecule has 0 aromatic heterocycles. The van der Waals surface area contributed by atoms with Gasteiger partial charge in [-0.15, -0.1) is 0 Å². The fourth-order valence-corrected chi connectivity index (χ4v) is 3.13. The average Bonchev–Trinajstić information content (AvgIpc) is 2.75. The monoisotopic (exact) mass is 385 g/mol. The summed E-state index contributed by atoms with van der Waals surface area (Å²) in [5, 5.41) is 0. The lowest BCUT2D eigenvalue weighted by Gasteiger charge is -2.29. The van der Waals surface area contributed by atoms with Crippen molar-refractivity contribution in [2.24, 2.45) is 0 Å². The number of hydrogen-bond acceptors (Lipinski definition) is 6. The summed E-state index contributed by atoms with van der Waals surface area (Å²) in [6, 6.07) is 10.9. The van der Waals surface area contributed by atoms with Gasteiger partial charge in [-0.05, 0) is 47.9 Å². The fraction of sp³-hybridized carbons (Fsp3) is 0.333. The quantitative estimate of drug-likeness (QED) is 0.711. The first-order valence-electron chi connectivity index (χ1n) is 8.88. The molecule has 2 aromatic carbocycles. The van der Waals surface area contributed by atoms with Gasteiger partial charge in [0, 0.05) is 18.7 Å². The van der Waals surface area contributed by atoms with Crippen LogP contribution in [0.1, 0.15) is 21.5 Å². The number of fused-ring (bicyclic) bond motifs is 1. The summed E-state index contributed by atoms with van der Waals surface area (Å²) in [5.41, 5.74) is 2.77. The molecule has 0 unspecified atom stereocenters. The number of esters is 1. The molecule has 2 aromatic rings. The van der Waals surface area contributed by atoms with Crippen molar-refractivity contribution >= 4 is 11.9 Å². The van der Waals surface area contributed by atoms with Crippen LogP contribution in [0.5, 0.6) is 17.2 Å². The minimum Gasteiger partial charge on any atom is -0.497 e. The first-order valence-corrected chi connectivity index (χ1v) is 8.88. The van der Waals surface area contributed by atoms with Crippen LogP contribution >= 0.6 is 0 Å². The van der Waals surface area contributed by atoms with Crippen molar-refractivity contribution in [1.82, 2.24) is 4.90 Å². The molecular weight excluding hydrogens is 362 g/mol. The maximum absolute atomic E-state index is 13.0. The van der Waals surface area contributed by atoms with Crippen molar-refractivity contribution in [3.05, 3.63) is 53.1 Å². The van der Waals surface area contributed by atoms with Gasteiger partial charge in [0.25, 0.3) is 5.91 Å². The van der Waals surface area contributed by atoms with Gasteiger partial charge in [-0.25, -0.2) is 4.79 Å². The highest BCUT2D eigenvalue weighted by Crippen LogP contribution is 2.30. The lowest BCUT2D eigenvalue weighted by molar-refractivity contribution is -0.142. The summed E-state index contributed by atoms with van der Waals surface area (Å²) in [4.78, 5) is 26.1. The number of benzene rings is 2. The summed E-state index contributed by atoms with van der Waals surface area (Å²) in [6.45, 7) is 0.875. The fourth-order valence-electron chi connectivity index (χ4n) is 3.13. The molecule has 1 aliphatic heterocycles. The van der Waals surface area contributed by atoms with Crippen LogP contribution in [-0.2, 0) is 22.5 Å². The first kappa shape index (κ1) is 19.5. The summed E-state index contributed by atoms with van der Waals surface area (Å²) in [5.74, 6) is 0.905. The second-order valence-corrected chi connectivity index (χ2v) is 6.34. The molecule has 3 rings (SSSR count). The van der Waals surface area contributed by atoms with Crippen molar-refractivity contribution in [1.29, 1.82) is 0 Å². The second kappa shape index (κ2) is 8.65. The zero-order valence-corrected chi connectivity index (χ0v) is 16.2. The zero-order chi connectivity index (χ0) is 20.1. The van der Waals surface area contributed by atoms with Crippen molar-refractivity contribution in [2.45, 2.75) is 13.0 Å². The van der Waals surface area contributed by atoms with Crippen LogP contribution in [0.3, 0.4) is 0 Å². The Morgan fingerprint density at radius 1 is 0.964 bits per heavy atom. The van der Waals surface area contributed by atoms with E-state index in [1.807, 2.05) is 18.2 Å². The molecule has 0 saturated heterocycles. The highest BCUT2D eigenvalue weighted by molar-refractivity contribution is 5.95. The van der Waals surface area contributed by atoms with Gasteiger partial charge >= 0.3 is 5.97 Å². The number of hydrogen-bond donors (Lipinski definition) is 0. The molecule has 1 heterocycles. The Bertz CT molecular complexity index is 879. The Hall–Kier alpha value is -3.22. The maximum atomic E-state index is 13.0. The van der Waals surface area contributed by atoms with Gasteiger partial charge in [-0.2, -0.15) is 0 Å². The topological polar surface area (TPSA) is 74.3 Å². The normalized spacial score (nSPS) is 12.8. The molecule has 1 amide bonds. The number of nitrogens with zero attached hydrogens (tertiary/aromatic N) is 1. The minimum absolute atomic E-state index is 0.112. The SMILES string of the molecule is COC(=O)COc1cc(C(=O)N2CCc3ccc(OC)cc3C2)ccc1OC. The van der Waals surface area contributed by atoms with E-state index in [0.717, 1.165) is 17.7 Å². The number of carbonyl (C=O) groups is 2. The number of amides is 1. The van der Waals surface area contributed by atoms with Gasteiger partial charge < -0.3 is 23.8 Å². The molecule has 0 saturated carbocycles. The third kappa shape index (κ3) is 4.19. The molecule has 0 spiro atoms. The standard InChI is InChI=1S/C21H23NO6/c1-25-17-6-4-14-8-9-22(12-16(14)10-17)21(24)15-5-7-18(26-2)19(11-15)28-13-20(23)27-3/h4-7,10-11H,8-9,12-13H2,1-3H3. The number of ether oxygens (including phenoxy) is 4. The summed E-state index contributed by atoms with van der Waals surface area (Å²) in [6.07, 6.45) is 0.785. The van der Waals surface area contributed by atoms with Gasteiger partial charge in [-0.1, -0.05) is 6.07 Å². The van der Waals surface area contributed by atoms with Crippen LogP contribution < -0.4 is 14.2 Å². The van der Waals surface area contributed by atoms with Crippen molar-refractivity contribution < 1.29 is 28.5 Å². The van der Waals surface area contributed by atoms with Crippen LogP contribution in [-0.4, -0.2) is 51.3 Å². The van der Waals surface area contributed by atoms with E-state index in [4.69, 9.17) is 14.2 Å². The number of methoxy groups -OCH3 is 3. The second-order valence-electron chi connectivity index (χ2n) is 6.34. The zero-order valence-electron chi connectivity index (χ0n) is 16.2. The molecule has 7 nitrogen and oxygen atoms in total. The third-order valence-electron chi connectivity index (χ3n) is 4.70. The van der Waals surface area contributed by atoms with Gasteiger partial charge in [0.2, 0.25) is 0 Å². The molecular formula is C21H23NO6. The van der Waals surface area contributed by atoms with Gasteiger partial charge in [0.15, 0.2) is 18.1 Å². The Balaban J connectivity index is 1.79. The van der Waals surface area contributed by atoms with Crippen molar-refractivity contribution in [3.8, 4) is 17.2 Å². The smallest absolute Gasteiger partial charge is 0.343 e. The molecule has 7 heteroatoms. The van der Waals surface area contributed by atoms with E-state index < -0.39 is 5.97 Å². The summed E-state index contributed by atoms with van der Waals surface area (Å²) < 4.78 is 20.6.